The number of nitrogens with one attached hydrogen (secondary N) is 4. The number of alkyl halides is 3. The first kappa shape index (κ1) is 64.8. The second-order valence-corrected chi connectivity index (χ2v) is 22.2. The number of halogens is 3. The van der Waals surface area contributed by atoms with Crippen LogP contribution in [0.4, 0.5) is 13.2 Å². The van der Waals surface area contributed by atoms with Crippen molar-refractivity contribution in [3.05, 3.63) is 106 Å². The van der Waals surface area contributed by atoms with Gasteiger partial charge >= 0.3 is 6.18 Å². The Bertz CT molecular complexity index is 2710. The van der Waals surface area contributed by atoms with Gasteiger partial charge in [0.1, 0.15) is 30.1 Å². The van der Waals surface area contributed by atoms with E-state index in [0.29, 0.717) is 76.9 Å². The molecule has 3 unspecified atom stereocenters. The predicted molar refractivity (Wildman–Crippen MR) is 301 cm³/mol. The van der Waals surface area contributed by atoms with Crippen LogP contribution >= 0.6 is 11.3 Å². The Morgan fingerprint density at radius 2 is 1.41 bits per heavy atom. The smallest absolute Gasteiger partial charge is 0.391 e. The van der Waals surface area contributed by atoms with Gasteiger partial charge in [-0.05, 0) is 72.3 Å². The summed E-state index contributed by atoms with van der Waals surface area (Å²) in [5, 5.41) is 21.9. The van der Waals surface area contributed by atoms with Crippen LogP contribution in [0.2, 0.25) is 0 Å². The van der Waals surface area contributed by atoms with Gasteiger partial charge in [0.05, 0.1) is 107 Å². The summed E-state index contributed by atoms with van der Waals surface area (Å²) in [6.45, 7) is 10.4. The zero-order valence-corrected chi connectivity index (χ0v) is 48.2. The molecule has 0 spiro atoms. The number of aliphatic hydroxyl groups excluding tert-OH is 1. The van der Waals surface area contributed by atoms with Gasteiger partial charge in [0.15, 0.2) is 0 Å². The molecule has 82 heavy (non-hydrogen) atoms. The van der Waals surface area contributed by atoms with E-state index in [2.05, 4.69) is 31.2 Å². The largest absolute Gasteiger partial charge is 0.495 e. The highest BCUT2D eigenvalue weighted by Crippen LogP contribution is 2.40. The number of carbonyl (C=O) groups is 5. The van der Waals surface area contributed by atoms with E-state index >= 15 is 0 Å². The van der Waals surface area contributed by atoms with Crippen LogP contribution in [0.15, 0.2) is 72.4 Å². The molecule has 2 aliphatic rings. The molecule has 2 fully saturated rings. The van der Waals surface area contributed by atoms with Crippen molar-refractivity contribution >= 4 is 46.9 Å². The number of benzene rings is 2. The summed E-state index contributed by atoms with van der Waals surface area (Å²) in [5.41, 5.74) is 6.25. The highest BCUT2D eigenvalue weighted by Gasteiger charge is 2.45. The molecular weight excluding hydrogens is 1090 g/mol. The maximum Gasteiger partial charge on any atom is 0.391 e. The van der Waals surface area contributed by atoms with E-state index in [1.54, 1.807) is 35.1 Å². The zero-order valence-electron chi connectivity index (χ0n) is 47.4. The third-order valence-electron chi connectivity index (χ3n) is 13.9. The minimum absolute atomic E-state index is 0.0000814. The molecule has 3 heterocycles. The molecule has 448 valence electrons. The van der Waals surface area contributed by atoms with E-state index in [0.717, 1.165) is 32.8 Å². The average Bonchev–Trinajstić information content (AvgIpc) is 4.22. The lowest BCUT2D eigenvalue weighted by Crippen LogP contribution is -2.58. The minimum Gasteiger partial charge on any atom is -0.495 e. The van der Waals surface area contributed by atoms with E-state index < -0.39 is 53.4 Å². The predicted octanol–water partition coefficient (Wildman–Crippen LogP) is 6.38. The van der Waals surface area contributed by atoms with Gasteiger partial charge < -0.3 is 59.7 Å². The number of allylic oxidation sites excluding steroid dienone is 1. The van der Waals surface area contributed by atoms with E-state index in [-0.39, 0.29) is 88.6 Å². The van der Waals surface area contributed by atoms with Crippen LogP contribution in [0, 0.1) is 24.2 Å². The van der Waals surface area contributed by atoms with Gasteiger partial charge in [-0.3, -0.25) is 24.0 Å². The van der Waals surface area contributed by atoms with Crippen molar-refractivity contribution in [2.24, 2.45) is 17.3 Å². The maximum atomic E-state index is 13.9. The Morgan fingerprint density at radius 1 is 0.780 bits per heavy atom. The molecule has 1 aliphatic carbocycles. The fourth-order valence-electron chi connectivity index (χ4n) is 9.42. The molecule has 5 amide bonds. The van der Waals surface area contributed by atoms with Gasteiger partial charge in [-0.25, -0.2) is 9.97 Å². The molecule has 19 nitrogen and oxygen atoms in total. The van der Waals surface area contributed by atoms with Crippen molar-refractivity contribution in [1.82, 2.24) is 36.1 Å². The van der Waals surface area contributed by atoms with Crippen molar-refractivity contribution in [3.8, 4) is 16.2 Å². The summed E-state index contributed by atoms with van der Waals surface area (Å²) in [4.78, 5) is 77.0. The number of thiazole rings is 1. The number of methoxy groups -OCH3 is 1. The second kappa shape index (κ2) is 32.5. The number of likely N-dealkylation sites (tertiary alicyclic amines) is 1. The van der Waals surface area contributed by atoms with Crippen molar-refractivity contribution < 1.29 is 70.7 Å². The molecule has 2 aromatic carbocycles. The van der Waals surface area contributed by atoms with E-state index in [1.165, 1.54) is 18.2 Å². The van der Waals surface area contributed by atoms with Gasteiger partial charge in [-0.15, -0.1) is 11.3 Å². The molecule has 4 aromatic rings. The fraction of sp³-hybridized carbons (Fsp3) is 0.542. The maximum absolute atomic E-state index is 13.9. The molecule has 1 saturated heterocycles. The number of pyridine rings is 1. The number of hydrogen-bond donors (Lipinski definition) is 5. The third-order valence-corrected chi connectivity index (χ3v) is 14.9. The Hall–Kier alpha value is -6.34. The number of hydrogen-bond acceptors (Lipinski definition) is 15. The molecule has 1 saturated carbocycles. The lowest BCUT2D eigenvalue weighted by atomic mass is 9.81. The Balaban J connectivity index is 0.753. The molecule has 0 radical (unpaired) electrons. The molecule has 3 atom stereocenters. The molecular formula is C59H78F3N7O12S. The summed E-state index contributed by atoms with van der Waals surface area (Å²) in [5.74, 6) is -2.79. The summed E-state index contributed by atoms with van der Waals surface area (Å²) in [6.07, 6.45) is 1.31. The van der Waals surface area contributed by atoms with E-state index in [4.69, 9.17) is 28.4 Å². The van der Waals surface area contributed by atoms with Crippen molar-refractivity contribution in [2.75, 3.05) is 86.3 Å². The van der Waals surface area contributed by atoms with Crippen molar-refractivity contribution in [3.63, 3.8) is 0 Å². The van der Waals surface area contributed by atoms with Crippen LogP contribution in [0.25, 0.3) is 16.5 Å². The van der Waals surface area contributed by atoms with Crippen molar-refractivity contribution in [2.45, 2.75) is 104 Å². The monoisotopic (exact) mass is 1170 g/mol. The molecule has 0 bridgehead atoms. The molecule has 5 N–H and O–H groups in total. The van der Waals surface area contributed by atoms with Crippen LogP contribution < -0.4 is 26.0 Å². The Labute approximate surface area is 481 Å². The molecule has 6 rings (SSSR count). The number of β-amino-alcohol motifs (C(OH)–C–C–N with tert-alkyl or cyclic N) is 1. The van der Waals surface area contributed by atoms with Gasteiger partial charge in [0, 0.05) is 38.2 Å². The molecule has 2 aromatic heterocycles. The van der Waals surface area contributed by atoms with Crippen LogP contribution in [-0.2, 0) is 62.4 Å². The fourth-order valence-corrected chi connectivity index (χ4v) is 10.2. The standard InChI is InChI=1S/C59H78F3N7O12S/c1-39-53(82-38-67-39)44-14-10-41(11-15-44)33-66-56(74)49-32-47(70)36-69(49)57(75)54(58(2,3)4)68-52(72)37-81-28-27-80-26-25-79-24-23-78-22-21-77-20-19-63-51(71)30-42-7-6-8-43(29-42)34-65-55(73)48-31-45(50(76-5)35-64-48)16-9-40-12-17-46(18-13-40)59(60,61)62/h6-11,14-16,29,31,35,38,40,46-47,49,54,70H,12-13,17-28,30,32-34,36-37H2,1-5H3,(H,63,71)(H,65,73)(H,66,74)(H,68,72). The first-order valence-corrected chi connectivity index (χ1v) is 28.5. The van der Waals surface area contributed by atoms with Gasteiger partial charge in [-0.2, -0.15) is 13.2 Å². The van der Waals surface area contributed by atoms with Gasteiger partial charge in [0.2, 0.25) is 23.6 Å². The third kappa shape index (κ3) is 21.1. The zero-order chi connectivity index (χ0) is 59.1. The lowest BCUT2D eigenvalue weighted by molar-refractivity contribution is -0.183. The number of nitrogens with zero attached hydrogens (tertiary/aromatic N) is 3. The molecule has 23 heteroatoms. The number of aromatic nitrogens is 2. The highest BCUT2D eigenvalue weighted by atomic mass is 32.1. The average molecular weight is 1170 g/mol. The van der Waals surface area contributed by atoms with Crippen LogP contribution in [-0.4, -0.2) is 160 Å². The van der Waals surface area contributed by atoms with Crippen molar-refractivity contribution in [1.29, 1.82) is 0 Å². The van der Waals surface area contributed by atoms with Crippen LogP contribution in [0.5, 0.6) is 5.75 Å². The van der Waals surface area contributed by atoms with Crippen LogP contribution in [0.3, 0.4) is 0 Å². The second-order valence-electron chi connectivity index (χ2n) is 21.3. The lowest BCUT2D eigenvalue weighted by Gasteiger charge is -2.35. The number of rotatable bonds is 31. The summed E-state index contributed by atoms with van der Waals surface area (Å²) >= 11 is 1.56. The minimum atomic E-state index is -4.17. The number of carbonyl (C=O) groups excluding carboxylic acids is 5. The SMILES string of the molecule is COc1cnc(C(=O)NCc2cccc(CC(=O)NCCOCCOCCOCCOCCOCC(=O)NC(C(=O)N3CC(O)CC3C(=O)NCc3ccc(-c4scnc4C)cc3)C(C)(C)C)c2)cc1C=CC1CCC(C(F)(F)F)CC1. The first-order chi connectivity index (χ1) is 39.3. The van der Waals surface area contributed by atoms with Crippen LogP contribution in [0.1, 0.15) is 91.3 Å². The summed E-state index contributed by atoms with van der Waals surface area (Å²) < 4.78 is 72.4. The Morgan fingerprint density at radius 3 is 2.04 bits per heavy atom. The van der Waals surface area contributed by atoms with E-state index in [9.17, 15) is 42.3 Å². The topological polar surface area (TPSA) is 238 Å². The number of aliphatic hydroxyl groups is 1. The first-order valence-electron chi connectivity index (χ1n) is 27.6. The quantitative estimate of drug-likeness (QED) is 0.0344. The summed E-state index contributed by atoms with van der Waals surface area (Å²) in [6, 6.07) is 14.8. The highest BCUT2D eigenvalue weighted by molar-refractivity contribution is 7.13. The number of ether oxygens (including phenoxy) is 6. The van der Waals surface area contributed by atoms with Gasteiger partial charge in [-0.1, -0.05) is 81.5 Å². The van der Waals surface area contributed by atoms with E-state index in [1.807, 2.05) is 76.2 Å². The number of aryl methyl sites for hydroxylation is 1. The Kier molecular flexibility index (Phi) is 25.7. The van der Waals surface area contributed by atoms with Gasteiger partial charge in [0.25, 0.3) is 5.91 Å². The molecule has 1 aliphatic heterocycles. The normalized spacial score (nSPS) is 17.8. The number of amides is 5. The summed E-state index contributed by atoms with van der Waals surface area (Å²) in [7, 11) is 1.48.